The third-order valence-electron chi connectivity index (χ3n) is 5.53. The summed E-state index contributed by atoms with van der Waals surface area (Å²) in [4.78, 5) is 6.76. The molecule has 3 heterocycles. The Hall–Kier alpha value is -3.28. The molecule has 1 saturated heterocycles. The van der Waals surface area contributed by atoms with Crippen molar-refractivity contribution in [2.24, 2.45) is 0 Å². The minimum atomic E-state index is -0.207. The maximum atomic E-state index is 9.69. The number of fused-ring (bicyclic) bond motifs is 1. The van der Waals surface area contributed by atoms with E-state index in [4.69, 9.17) is 4.74 Å². The molecule has 0 aliphatic carbocycles. The zero-order valence-electron chi connectivity index (χ0n) is 17.1. The number of nitrogens with zero attached hydrogens (tertiary/aromatic N) is 5. The lowest BCUT2D eigenvalue weighted by Gasteiger charge is -2.28. The normalized spacial score (nSPS) is 15.1. The lowest BCUT2D eigenvalue weighted by Crippen LogP contribution is -2.36. The van der Waals surface area contributed by atoms with Crippen LogP contribution in [0.15, 0.2) is 30.5 Å². The van der Waals surface area contributed by atoms with Crippen molar-refractivity contribution >= 4 is 22.4 Å². The molecule has 1 aliphatic rings. The highest BCUT2D eigenvalue weighted by atomic mass is 16.5. The molecule has 0 saturated carbocycles. The van der Waals surface area contributed by atoms with Gasteiger partial charge in [0.25, 0.3) is 0 Å². The van der Waals surface area contributed by atoms with E-state index in [1.54, 1.807) is 6.20 Å². The van der Waals surface area contributed by atoms with Gasteiger partial charge in [0.05, 0.1) is 43.2 Å². The fraction of sp³-hybridized carbons (Fsp3) is 0.364. The molecule has 0 bridgehead atoms. The van der Waals surface area contributed by atoms with Crippen LogP contribution in [-0.4, -0.2) is 46.6 Å². The fourth-order valence-electron chi connectivity index (χ4n) is 3.80. The third-order valence-corrected chi connectivity index (χ3v) is 5.53. The lowest BCUT2D eigenvalue weighted by atomic mass is 9.98. The highest BCUT2D eigenvalue weighted by Crippen LogP contribution is 2.30. The van der Waals surface area contributed by atoms with E-state index in [-0.39, 0.29) is 12.6 Å². The van der Waals surface area contributed by atoms with E-state index >= 15 is 0 Å². The van der Waals surface area contributed by atoms with Crippen molar-refractivity contribution in [2.75, 3.05) is 36.5 Å². The number of morpholine rings is 1. The monoisotopic (exact) mass is 404 g/mol. The Morgan fingerprint density at radius 2 is 2.07 bits per heavy atom. The van der Waals surface area contributed by atoms with E-state index < -0.39 is 0 Å². The van der Waals surface area contributed by atoms with E-state index in [9.17, 15) is 10.4 Å². The van der Waals surface area contributed by atoms with Crippen LogP contribution in [0.4, 0.5) is 11.6 Å². The first kappa shape index (κ1) is 20.0. The Morgan fingerprint density at radius 1 is 1.27 bits per heavy atom. The van der Waals surface area contributed by atoms with E-state index in [2.05, 4.69) is 31.5 Å². The summed E-state index contributed by atoms with van der Waals surface area (Å²) < 4.78 is 5.44. The number of anilines is 2. The largest absolute Gasteiger partial charge is 0.390 e. The highest BCUT2D eigenvalue weighted by molar-refractivity contribution is 5.94. The van der Waals surface area contributed by atoms with E-state index in [0.717, 1.165) is 40.8 Å². The van der Waals surface area contributed by atoms with Gasteiger partial charge in [-0.1, -0.05) is 12.1 Å². The Morgan fingerprint density at radius 3 is 2.80 bits per heavy atom. The van der Waals surface area contributed by atoms with Crippen LogP contribution in [0.5, 0.6) is 0 Å². The summed E-state index contributed by atoms with van der Waals surface area (Å²) in [7, 11) is 0. The number of benzene rings is 1. The molecule has 8 nitrogen and oxygen atoms in total. The van der Waals surface area contributed by atoms with Gasteiger partial charge in [-0.3, -0.25) is 0 Å². The van der Waals surface area contributed by atoms with Crippen LogP contribution in [0.3, 0.4) is 0 Å². The number of pyridine rings is 1. The van der Waals surface area contributed by atoms with Crippen LogP contribution in [0, 0.1) is 18.3 Å². The van der Waals surface area contributed by atoms with Gasteiger partial charge in [-0.05, 0) is 37.1 Å². The number of aliphatic hydroxyl groups excluding tert-OH is 1. The van der Waals surface area contributed by atoms with Crippen LogP contribution < -0.4 is 10.2 Å². The van der Waals surface area contributed by atoms with Crippen molar-refractivity contribution in [2.45, 2.75) is 26.5 Å². The van der Waals surface area contributed by atoms with E-state index in [1.807, 2.05) is 38.1 Å². The standard InChI is InChI=1S/C22H24N6O2/c1-14-16(11-23)4-3-5-17(14)15(2)25-22-18-10-21(28-6-8-30-9-7-28)24-12-19(18)20(13-29)26-27-22/h3-5,10,12,15,29H,6-9,13H2,1-2H3,(H,25,27)/t15-/m1/s1. The summed E-state index contributed by atoms with van der Waals surface area (Å²) in [6.07, 6.45) is 1.75. The highest BCUT2D eigenvalue weighted by Gasteiger charge is 2.18. The third kappa shape index (κ3) is 3.77. The van der Waals surface area contributed by atoms with Crippen molar-refractivity contribution in [3.05, 3.63) is 52.8 Å². The smallest absolute Gasteiger partial charge is 0.157 e. The quantitative estimate of drug-likeness (QED) is 0.668. The Bertz CT molecular complexity index is 1100. The first-order valence-electron chi connectivity index (χ1n) is 9.97. The van der Waals surface area contributed by atoms with Crippen LogP contribution in [0.25, 0.3) is 10.8 Å². The summed E-state index contributed by atoms with van der Waals surface area (Å²) in [6.45, 7) is 6.68. The van der Waals surface area contributed by atoms with Crippen LogP contribution >= 0.6 is 0 Å². The zero-order valence-corrected chi connectivity index (χ0v) is 17.1. The SMILES string of the molecule is Cc1c(C#N)cccc1[C@@H](C)Nc1nnc(CO)c2cnc(N3CCOCC3)cc12. The first-order valence-corrected chi connectivity index (χ1v) is 9.97. The number of aliphatic hydroxyl groups is 1. The molecular weight excluding hydrogens is 380 g/mol. The molecule has 1 atom stereocenters. The van der Waals surface area contributed by atoms with Gasteiger partial charge in [-0.15, -0.1) is 5.10 Å². The number of hydrogen-bond acceptors (Lipinski definition) is 8. The number of aromatic nitrogens is 3. The second-order valence-electron chi connectivity index (χ2n) is 7.34. The molecule has 0 amide bonds. The van der Waals surface area contributed by atoms with Gasteiger partial charge in [0, 0.05) is 30.1 Å². The summed E-state index contributed by atoms with van der Waals surface area (Å²) in [5.74, 6) is 1.47. The van der Waals surface area contributed by atoms with Gasteiger partial charge in [0.2, 0.25) is 0 Å². The van der Waals surface area contributed by atoms with Gasteiger partial charge in [0.1, 0.15) is 5.82 Å². The molecule has 1 aliphatic heterocycles. The molecule has 1 aromatic carbocycles. The van der Waals surface area contributed by atoms with Crippen LogP contribution in [0.2, 0.25) is 0 Å². The number of hydrogen-bond donors (Lipinski definition) is 2. The molecule has 2 aromatic heterocycles. The van der Waals surface area contributed by atoms with E-state index in [0.29, 0.717) is 30.3 Å². The molecule has 154 valence electrons. The molecule has 0 radical (unpaired) electrons. The Labute approximate surface area is 175 Å². The topological polar surface area (TPSA) is 107 Å². The molecule has 8 heteroatoms. The van der Waals surface area contributed by atoms with Crippen LogP contribution in [0.1, 0.15) is 35.3 Å². The number of nitriles is 1. The van der Waals surface area contributed by atoms with Crippen molar-refractivity contribution in [1.82, 2.24) is 15.2 Å². The van der Waals surface area contributed by atoms with Crippen molar-refractivity contribution < 1.29 is 9.84 Å². The summed E-state index contributed by atoms with van der Waals surface area (Å²) in [6, 6.07) is 9.85. The van der Waals surface area contributed by atoms with Gasteiger partial charge >= 0.3 is 0 Å². The first-order chi connectivity index (χ1) is 14.6. The summed E-state index contributed by atoms with van der Waals surface area (Å²) >= 11 is 0. The minimum Gasteiger partial charge on any atom is -0.390 e. The molecule has 1 fully saturated rings. The predicted octanol–water partition coefficient (Wildman–Crippen LogP) is 2.71. The molecule has 0 unspecified atom stereocenters. The minimum absolute atomic E-state index is 0.0872. The Kier molecular flexibility index (Phi) is 5.74. The molecule has 0 spiro atoms. The number of ether oxygens (including phenoxy) is 1. The molecular formula is C22H24N6O2. The van der Waals surface area contributed by atoms with Gasteiger partial charge in [-0.25, -0.2) is 4.98 Å². The Balaban J connectivity index is 1.73. The average Bonchev–Trinajstić information content (AvgIpc) is 2.79. The van der Waals surface area contributed by atoms with Crippen molar-refractivity contribution in [1.29, 1.82) is 5.26 Å². The van der Waals surface area contributed by atoms with Crippen molar-refractivity contribution in [3.8, 4) is 6.07 Å². The second-order valence-corrected chi connectivity index (χ2v) is 7.34. The van der Waals surface area contributed by atoms with Gasteiger partial charge in [0.15, 0.2) is 5.82 Å². The maximum absolute atomic E-state index is 9.69. The lowest BCUT2D eigenvalue weighted by molar-refractivity contribution is 0.122. The zero-order chi connectivity index (χ0) is 21.1. The van der Waals surface area contributed by atoms with Crippen molar-refractivity contribution in [3.63, 3.8) is 0 Å². The number of rotatable bonds is 5. The van der Waals surface area contributed by atoms with Gasteiger partial charge < -0.3 is 20.1 Å². The summed E-state index contributed by atoms with van der Waals surface area (Å²) in [5, 5.41) is 32.6. The molecule has 3 aromatic rings. The molecule has 4 rings (SSSR count). The predicted molar refractivity (Wildman–Crippen MR) is 114 cm³/mol. The maximum Gasteiger partial charge on any atom is 0.157 e. The summed E-state index contributed by atoms with van der Waals surface area (Å²) in [5.41, 5.74) is 3.12. The average molecular weight is 404 g/mol. The van der Waals surface area contributed by atoms with Gasteiger partial charge in [-0.2, -0.15) is 10.4 Å². The van der Waals surface area contributed by atoms with Crippen LogP contribution in [-0.2, 0) is 11.3 Å². The molecule has 30 heavy (non-hydrogen) atoms. The fourth-order valence-corrected chi connectivity index (χ4v) is 3.80. The molecule has 2 N–H and O–H groups in total. The second kappa shape index (κ2) is 8.61. The van der Waals surface area contributed by atoms with E-state index in [1.165, 1.54) is 0 Å². The number of nitrogens with one attached hydrogen (secondary N) is 1.